The average Bonchev–Trinajstić information content (AvgIpc) is 3.37. The largest absolute Gasteiger partial charge is 0.497 e. The van der Waals surface area contributed by atoms with Gasteiger partial charge in [0.15, 0.2) is 0 Å². The predicted molar refractivity (Wildman–Crippen MR) is 139 cm³/mol. The Hall–Kier alpha value is -4.07. The van der Waals surface area contributed by atoms with Crippen LogP contribution in [0.4, 0.5) is 26.7 Å². The first kappa shape index (κ1) is 23.7. The third kappa shape index (κ3) is 4.71. The number of imide groups is 1. The number of carbonyl (C=O) groups excluding carboxylic acids is 2. The van der Waals surface area contributed by atoms with Crippen molar-refractivity contribution < 1.29 is 19.1 Å². The summed E-state index contributed by atoms with van der Waals surface area (Å²) < 4.78 is 10.4. The third-order valence-electron chi connectivity index (χ3n) is 6.78. The molecule has 0 atom stereocenters. The molecule has 0 unspecified atom stereocenters. The lowest BCUT2D eigenvalue weighted by Crippen LogP contribution is -2.44. The highest BCUT2D eigenvalue weighted by Gasteiger charge is 2.34. The molecule has 2 aliphatic carbocycles. The van der Waals surface area contributed by atoms with Crippen LogP contribution in [-0.4, -0.2) is 31.3 Å². The third-order valence-corrected chi connectivity index (χ3v) is 6.78. The lowest BCUT2D eigenvalue weighted by molar-refractivity contribution is 0.246. The quantitative estimate of drug-likeness (QED) is 0.480. The van der Waals surface area contributed by atoms with E-state index in [2.05, 4.69) is 10.6 Å². The molecule has 0 radical (unpaired) electrons. The summed E-state index contributed by atoms with van der Waals surface area (Å²) in [4.78, 5) is 33.7. The van der Waals surface area contributed by atoms with Gasteiger partial charge in [0.25, 0.3) is 0 Å². The number of aromatic nitrogens is 1. The highest BCUT2D eigenvalue weighted by atomic mass is 16.5. The van der Waals surface area contributed by atoms with Crippen LogP contribution >= 0.6 is 0 Å². The number of anilines is 3. The summed E-state index contributed by atoms with van der Waals surface area (Å²) in [6.45, 7) is 0. The van der Waals surface area contributed by atoms with Crippen LogP contribution in [0.5, 0.6) is 11.5 Å². The van der Waals surface area contributed by atoms with Crippen LogP contribution < -0.4 is 25.0 Å². The fourth-order valence-corrected chi connectivity index (χ4v) is 4.99. The second-order valence-corrected chi connectivity index (χ2v) is 9.02. The summed E-state index contributed by atoms with van der Waals surface area (Å²) in [7, 11) is 3.18. The number of hydrogen-bond acceptors (Lipinski definition) is 5. The number of rotatable bonds is 5. The van der Waals surface area contributed by atoms with Gasteiger partial charge in [-0.05, 0) is 105 Å². The first-order valence-corrected chi connectivity index (χ1v) is 12.3. The number of urea groups is 2. The zero-order chi connectivity index (χ0) is 25.1. The lowest BCUT2D eigenvalue weighted by Gasteiger charge is -2.29. The van der Waals surface area contributed by atoms with Crippen LogP contribution in [0.15, 0.2) is 48.5 Å². The number of pyridine rings is 1. The van der Waals surface area contributed by atoms with Crippen molar-refractivity contribution in [2.45, 2.75) is 44.9 Å². The number of fused-ring (bicyclic) bond motifs is 2. The number of benzene rings is 2. The lowest BCUT2D eigenvalue weighted by atomic mass is 9.91. The van der Waals surface area contributed by atoms with Gasteiger partial charge in [-0.15, -0.1) is 0 Å². The molecule has 0 spiro atoms. The molecule has 1 aromatic heterocycles. The maximum absolute atomic E-state index is 13.8. The molecule has 0 saturated heterocycles. The van der Waals surface area contributed by atoms with Crippen molar-refractivity contribution >= 4 is 29.1 Å². The number of nitrogens with one attached hydrogen (secondary N) is 2. The fraction of sp³-hybridized carbons (Fsp3) is 0.321. The topological polar surface area (TPSA) is 92.8 Å². The molecule has 36 heavy (non-hydrogen) atoms. The number of methoxy groups -OCH3 is 2. The highest BCUT2D eigenvalue weighted by molar-refractivity contribution is 6.22. The molecule has 2 aromatic carbocycles. The number of aryl methyl sites for hydroxylation is 2. The van der Waals surface area contributed by atoms with E-state index >= 15 is 0 Å². The van der Waals surface area contributed by atoms with Crippen molar-refractivity contribution in [1.82, 2.24) is 4.98 Å². The Kier molecular flexibility index (Phi) is 6.75. The minimum atomic E-state index is -0.515. The zero-order valence-corrected chi connectivity index (χ0v) is 20.6. The molecule has 2 aliphatic rings. The number of ether oxygens (including phenoxy) is 2. The van der Waals surface area contributed by atoms with Crippen molar-refractivity contribution in [3.05, 3.63) is 71.0 Å². The number of carbonyl (C=O) groups is 2. The molecule has 8 heteroatoms. The van der Waals surface area contributed by atoms with Crippen LogP contribution in [0.2, 0.25) is 0 Å². The Morgan fingerprint density at radius 3 is 1.64 bits per heavy atom. The monoisotopic (exact) mass is 486 g/mol. The molecule has 186 valence electrons. The number of hydrogen-bond donors (Lipinski definition) is 2. The van der Waals surface area contributed by atoms with E-state index in [0.717, 1.165) is 67.5 Å². The van der Waals surface area contributed by atoms with Gasteiger partial charge in [-0.3, -0.25) is 4.98 Å². The van der Waals surface area contributed by atoms with Crippen molar-refractivity contribution in [2.24, 2.45) is 0 Å². The first-order chi connectivity index (χ1) is 17.6. The van der Waals surface area contributed by atoms with Gasteiger partial charge < -0.3 is 20.1 Å². The molecule has 3 aromatic rings. The van der Waals surface area contributed by atoms with Crippen LogP contribution in [0.1, 0.15) is 41.8 Å². The van der Waals surface area contributed by atoms with E-state index < -0.39 is 12.1 Å². The van der Waals surface area contributed by atoms with E-state index in [4.69, 9.17) is 14.5 Å². The molecular formula is C28H30N4O4. The minimum Gasteiger partial charge on any atom is -0.497 e. The average molecular weight is 487 g/mol. The van der Waals surface area contributed by atoms with Crippen molar-refractivity contribution in [2.75, 3.05) is 29.8 Å². The van der Waals surface area contributed by atoms with Gasteiger partial charge in [0.1, 0.15) is 11.5 Å². The molecule has 0 bridgehead atoms. The summed E-state index contributed by atoms with van der Waals surface area (Å²) in [5, 5.41) is 5.81. The first-order valence-electron chi connectivity index (χ1n) is 12.3. The Morgan fingerprint density at radius 1 is 0.694 bits per heavy atom. The summed E-state index contributed by atoms with van der Waals surface area (Å²) in [5.74, 6) is 1.37. The fourth-order valence-electron chi connectivity index (χ4n) is 4.99. The molecule has 5 rings (SSSR count). The molecule has 8 nitrogen and oxygen atoms in total. The number of amides is 4. The normalized spacial score (nSPS) is 13.8. The maximum Gasteiger partial charge on any atom is 0.334 e. The Labute approximate surface area is 210 Å². The van der Waals surface area contributed by atoms with Gasteiger partial charge in [-0.1, -0.05) is 0 Å². The maximum atomic E-state index is 13.8. The second-order valence-electron chi connectivity index (χ2n) is 9.02. The Bertz CT molecular complexity index is 1210. The molecule has 0 fully saturated rings. The van der Waals surface area contributed by atoms with Gasteiger partial charge in [0.05, 0.1) is 19.9 Å². The molecule has 0 saturated carbocycles. The zero-order valence-electron chi connectivity index (χ0n) is 20.6. The van der Waals surface area contributed by atoms with Crippen LogP contribution in [0.25, 0.3) is 0 Å². The Morgan fingerprint density at radius 2 is 1.14 bits per heavy atom. The van der Waals surface area contributed by atoms with Crippen molar-refractivity contribution in [3.63, 3.8) is 0 Å². The van der Waals surface area contributed by atoms with E-state index in [1.165, 1.54) is 4.90 Å². The van der Waals surface area contributed by atoms with Gasteiger partial charge in [0, 0.05) is 22.8 Å². The Balaban J connectivity index is 1.54. The molecule has 0 aliphatic heterocycles. The van der Waals surface area contributed by atoms with Crippen LogP contribution in [-0.2, 0) is 25.7 Å². The molecule has 4 amide bonds. The van der Waals surface area contributed by atoms with E-state index in [9.17, 15) is 9.59 Å². The van der Waals surface area contributed by atoms with Gasteiger partial charge in [-0.2, -0.15) is 0 Å². The summed E-state index contributed by atoms with van der Waals surface area (Å²) >= 11 is 0. The summed E-state index contributed by atoms with van der Waals surface area (Å²) in [5.41, 5.74) is 5.87. The van der Waals surface area contributed by atoms with E-state index in [1.807, 2.05) is 0 Å². The summed E-state index contributed by atoms with van der Waals surface area (Å²) in [6.07, 6.45) is 6.36. The molecule has 2 N–H and O–H groups in total. The van der Waals surface area contributed by atoms with E-state index in [-0.39, 0.29) is 0 Å². The van der Waals surface area contributed by atoms with Gasteiger partial charge >= 0.3 is 12.1 Å². The highest BCUT2D eigenvalue weighted by Crippen LogP contribution is 2.39. The predicted octanol–water partition coefficient (Wildman–Crippen LogP) is 5.74. The number of nitrogens with zero attached hydrogens (tertiary/aromatic N) is 2. The van der Waals surface area contributed by atoms with E-state index in [0.29, 0.717) is 28.6 Å². The smallest absolute Gasteiger partial charge is 0.334 e. The van der Waals surface area contributed by atoms with Crippen molar-refractivity contribution in [1.29, 1.82) is 0 Å². The van der Waals surface area contributed by atoms with Gasteiger partial charge in [-0.25, -0.2) is 14.5 Å². The SMILES string of the molecule is COc1ccc(NC(=O)N(C(=O)Nc2ccc(OC)cc2)c2c3c(nc4c2CCC4)CCCC3)cc1. The van der Waals surface area contributed by atoms with Crippen LogP contribution in [0.3, 0.4) is 0 Å². The van der Waals surface area contributed by atoms with Gasteiger partial charge in [0.2, 0.25) is 0 Å². The molecular weight excluding hydrogens is 456 g/mol. The van der Waals surface area contributed by atoms with Crippen LogP contribution in [0, 0.1) is 0 Å². The van der Waals surface area contributed by atoms with E-state index in [1.54, 1.807) is 62.8 Å². The minimum absolute atomic E-state index is 0.515. The van der Waals surface area contributed by atoms with Crippen molar-refractivity contribution in [3.8, 4) is 11.5 Å². The molecule has 1 heterocycles. The second kappa shape index (κ2) is 10.3. The summed E-state index contributed by atoms with van der Waals surface area (Å²) in [6, 6.07) is 13.1. The standard InChI is InChI=1S/C28H30N4O4/c1-35-20-14-10-18(11-15-20)29-27(33)32(28(34)30-19-12-16-21(36-2)17-13-19)26-22-6-3-4-8-24(22)31-25-9-5-7-23(25)26/h10-17H,3-9H2,1-2H3,(H,29,33)(H,30,34).